The van der Waals surface area contributed by atoms with Crippen molar-refractivity contribution in [2.24, 2.45) is 11.5 Å². The molecule has 2 aliphatic rings. The predicted octanol–water partition coefficient (Wildman–Crippen LogP) is 6.12. The zero-order valence-electron chi connectivity index (χ0n) is 20.5. The first kappa shape index (κ1) is 23.7. The van der Waals surface area contributed by atoms with Gasteiger partial charge >= 0.3 is 0 Å². The van der Waals surface area contributed by atoms with E-state index in [1.54, 1.807) is 0 Å². The second-order valence-electron chi connectivity index (χ2n) is 9.57. The molecule has 6 heteroatoms. The zero-order chi connectivity index (χ0) is 25.1. The summed E-state index contributed by atoms with van der Waals surface area (Å²) in [7, 11) is 0. The molecule has 0 spiro atoms. The van der Waals surface area contributed by atoms with E-state index < -0.39 is 0 Å². The first-order valence-corrected chi connectivity index (χ1v) is 12.7. The lowest BCUT2D eigenvalue weighted by Crippen LogP contribution is -2.16. The normalized spacial score (nSPS) is 16.2. The zero-order valence-corrected chi connectivity index (χ0v) is 20.5. The van der Waals surface area contributed by atoms with Crippen molar-refractivity contribution >= 4 is 11.4 Å². The molecule has 0 amide bonds. The fourth-order valence-corrected chi connectivity index (χ4v) is 5.04. The molecule has 0 saturated carbocycles. The van der Waals surface area contributed by atoms with Gasteiger partial charge in [0.15, 0.2) is 0 Å². The van der Waals surface area contributed by atoms with Crippen LogP contribution in [0.1, 0.15) is 62.8 Å². The first-order chi connectivity index (χ1) is 17.5. The highest BCUT2D eigenvalue weighted by Gasteiger charge is 2.19. The number of nitrogens with one attached hydrogen (secondary N) is 2. The van der Waals surface area contributed by atoms with Crippen molar-refractivity contribution in [3.05, 3.63) is 94.6 Å². The lowest BCUT2D eigenvalue weighted by Gasteiger charge is -2.18. The molecule has 0 radical (unpaired) electrons. The highest BCUT2D eigenvalue weighted by Crippen LogP contribution is 2.28. The summed E-state index contributed by atoms with van der Waals surface area (Å²) in [5.41, 5.74) is 21.6. The Morgan fingerprint density at radius 1 is 0.583 bits per heavy atom. The third kappa shape index (κ3) is 4.85. The molecular weight excluding hydrogens is 444 g/mol. The largest absolute Gasteiger partial charge is 0.402 e. The molecule has 36 heavy (non-hydrogen) atoms. The minimum absolute atomic E-state index is 0.425. The lowest BCUT2D eigenvalue weighted by molar-refractivity contribution is 0.682. The van der Waals surface area contributed by atoms with Crippen LogP contribution in [0.15, 0.2) is 83.2 Å². The summed E-state index contributed by atoms with van der Waals surface area (Å²) in [5, 5.41) is 17.4. The minimum atomic E-state index is 0.425. The maximum absolute atomic E-state index is 8.71. The Balaban J connectivity index is 1.44. The smallest absolute Gasteiger partial charge is 0.0889 e. The average Bonchev–Trinajstić information content (AvgIpc) is 2.93. The molecule has 182 valence electrons. The Labute approximate surface area is 212 Å². The van der Waals surface area contributed by atoms with Crippen molar-refractivity contribution < 1.29 is 0 Å². The molecule has 0 aliphatic heterocycles. The van der Waals surface area contributed by atoms with Crippen molar-refractivity contribution in [2.45, 2.75) is 51.4 Å². The Kier molecular flexibility index (Phi) is 6.76. The quantitative estimate of drug-likeness (QED) is 0.320. The van der Waals surface area contributed by atoms with E-state index in [0.717, 1.165) is 96.4 Å². The van der Waals surface area contributed by atoms with Crippen molar-refractivity contribution in [2.75, 3.05) is 0 Å². The van der Waals surface area contributed by atoms with Crippen molar-refractivity contribution in [3.8, 4) is 22.5 Å². The number of nitrogens with zero attached hydrogens (tertiary/aromatic N) is 2. The molecule has 0 saturated heterocycles. The number of hydrogen-bond donors (Lipinski definition) is 4. The monoisotopic (exact) mass is 476 g/mol. The van der Waals surface area contributed by atoms with Gasteiger partial charge in [-0.05, 0) is 92.8 Å². The summed E-state index contributed by atoms with van der Waals surface area (Å²) in [6, 6.07) is 19.7. The fourth-order valence-electron chi connectivity index (χ4n) is 5.04. The summed E-state index contributed by atoms with van der Waals surface area (Å²) in [4.78, 5) is 9.63. The topological polar surface area (TPSA) is 126 Å². The average molecular weight is 477 g/mol. The van der Waals surface area contributed by atoms with Crippen LogP contribution in [0.3, 0.4) is 0 Å². The minimum Gasteiger partial charge on any atom is -0.402 e. The summed E-state index contributed by atoms with van der Waals surface area (Å²) >= 11 is 0. The van der Waals surface area contributed by atoms with Gasteiger partial charge in [-0.15, -0.1) is 0 Å². The van der Waals surface area contributed by atoms with Gasteiger partial charge in [-0.1, -0.05) is 30.3 Å². The van der Waals surface area contributed by atoms with Gasteiger partial charge in [0.2, 0.25) is 0 Å². The molecule has 2 aliphatic carbocycles. The Morgan fingerprint density at radius 3 is 1.44 bits per heavy atom. The van der Waals surface area contributed by atoms with Gasteiger partial charge in [0, 0.05) is 22.5 Å². The molecule has 0 bridgehead atoms. The highest BCUT2D eigenvalue weighted by molar-refractivity contribution is 6.10. The molecule has 0 atom stereocenters. The lowest BCUT2D eigenvalue weighted by atomic mass is 9.91. The standard InChI is InChI=1S/C30H32N6/c31-23-12-3-1-10-21(23)29(33)27-16-6-14-25(35-27)19-8-5-9-20(18-19)26-15-7-17-28(36-26)30(34)22-11-2-4-13-24(22)32/h5-9,14-18,33-34H,1-4,10-13,31-32H2. The third-order valence-corrected chi connectivity index (χ3v) is 7.09. The van der Waals surface area contributed by atoms with E-state index in [2.05, 4.69) is 6.07 Å². The second-order valence-corrected chi connectivity index (χ2v) is 9.57. The van der Waals surface area contributed by atoms with Crippen molar-refractivity contribution in [1.29, 1.82) is 10.8 Å². The second kappa shape index (κ2) is 10.3. The van der Waals surface area contributed by atoms with Crippen LogP contribution in [0.25, 0.3) is 22.5 Å². The van der Waals surface area contributed by atoms with E-state index in [1.807, 2.05) is 54.6 Å². The van der Waals surface area contributed by atoms with Crippen LogP contribution in [-0.2, 0) is 0 Å². The van der Waals surface area contributed by atoms with Crippen LogP contribution in [0.5, 0.6) is 0 Å². The van der Waals surface area contributed by atoms with Crippen molar-refractivity contribution in [1.82, 2.24) is 9.97 Å². The summed E-state index contributed by atoms with van der Waals surface area (Å²) in [5.74, 6) is 0. The van der Waals surface area contributed by atoms with Gasteiger partial charge in [-0.2, -0.15) is 0 Å². The van der Waals surface area contributed by atoms with Crippen LogP contribution in [0, 0.1) is 10.8 Å². The fraction of sp³-hybridized carbons (Fsp3) is 0.267. The maximum Gasteiger partial charge on any atom is 0.0889 e. The van der Waals surface area contributed by atoms with Gasteiger partial charge in [0.05, 0.1) is 34.2 Å². The van der Waals surface area contributed by atoms with Crippen LogP contribution in [0.2, 0.25) is 0 Å². The molecule has 1 aromatic carbocycles. The van der Waals surface area contributed by atoms with E-state index in [4.69, 9.17) is 32.3 Å². The first-order valence-electron chi connectivity index (χ1n) is 12.7. The number of aromatic nitrogens is 2. The van der Waals surface area contributed by atoms with Crippen molar-refractivity contribution in [3.63, 3.8) is 0 Å². The van der Waals surface area contributed by atoms with E-state index >= 15 is 0 Å². The summed E-state index contributed by atoms with van der Waals surface area (Å²) < 4.78 is 0. The molecular formula is C30H32N6. The van der Waals surface area contributed by atoms with Gasteiger partial charge in [-0.25, -0.2) is 9.97 Å². The van der Waals surface area contributed by atoms with E-state index in [0.29, 0.717) is 22.8 Å². The number of pyridine rings is 2. The molecule has 3 aromatic rings. The van der Waals surface area contributed by atoms with Crippen LogP contribution in [0.4, 0.5) is 0 Å². The van der Waals surface area contributed by atoms with Gasteiger partial charge < -0.3 is 11.5 Å². The third-order valence-electron chi connectivity index (χ3n) is 7.09. The van der Waals surface area contributed by atoms with E-state index in [-0.39, 0.29) is 0 Å². The SMILES string of the molecule is N=C(C1=C(N)CCCC1)c1cccc(-c2cccc(-c3cccc(C(=N)C4=C(N)CCCC4)n3)c2)n1. The predicted molar refractivity (Wildman–Crippen MR) is 146 cm³/mol. The number of allylic oxidation sites excluding steroid dienone is 4. The van der Waals surface area contributed by atoms with Crippen LogP contribution >= 0.6 is 0 Å². The molecule has 0 fully saturated rings. The molecule has 5 rings (SSSR count). The molecule has 0 unspecified atom stereocenters. The number of rotatable bonds is 6. The Bertz CT molecular complexity index is 1300. The van der Waals surface area contributed by atoms with Gasteiger partial charge in [-0.3, -0.25) is 10.8 Å². The van der Waals surface area contributed by atoms with Gasteiger partial charge in [0.1, 0.15) is 0 Å². The maximum atomic E-state index is 8.71. The summed E-state index contributed by atoms with van der Waals surface area (Å²) in [6.07, 6.45) is 7.68. The summed E-state index contributed by atoms with van der Waals surface area (Å²) in [6.45, 7) is 0. The Morgan fingerprint density at radius 2 is 1.00 bits per heavy atom. The number of benzene rings is 1. The highest BCUT2D eigenvalue weighted by atomic mass is 14.8. The van der Waals surface area contributed by atoms with Crippen LogP contribution in [-0.4, -0.2) is 21.4 Å². The van der Waals surface area contributed by atoms with E-state index in [1.165, 1.54) is 0 Å². The van der Waals surface area contributed by atoms with Crippen LogP contribution < -0.4 is 11.5 Å². The van der Waals surface area contributed by atoms with Gasteiger partial charge in [0.25, 0.3) is 0 Å². The molecule has 6 nitrogen and oxygen atoms in total. The molecule has 2 heterocycles. The Hall–Kier alpha value is -4.06. The van der Waals surface area contributed by atoms with E-state index in [9.17, 15) is 0 Å². The molecule has 2 aromatic heterocycles. The number of hydrogen-bond acceptors (Lipinski definition) is 6. The molecule has 6 N–H and O–H groups in total. The number of nitrogens with two attached hydrogens (primary N) is 2.